The zero-order valence-electron chi connectivity index (χ0n) is 25.2. The molecule has 0 saturated carbocycles. The van der Waals surface area contributed by atoms with E-state index in [1.807, 2.05) is 0 Å². The Hall–Kier alpha value is -4.24. The van der Waals surface area contributed by atoms with Crippen molar-refractivity contribution in [1.29, 1.82) is 0 Å². The summed E-state index contributed by atoms with van der Waals surface area (Å²) in [5.74, 6) is 0. The third-order valence-corrected chi connectivity index (χ3v) is 8.80. The molecule has 0 spiro atoms. The van der Waals surface area contributed by atoms with Gasteiger partial charge in [0.05, 0.1) is 0 Å². The molecule has 202 valence electrons. The first kappa shape index (κ1) is 25.7. The minimum atomic E-state index is 0.0524. The standard InChI is InChI=1S/C38H37BN2/c1-24-18-25(2)21-30(20-24)41-33-15-11-14-32-37(33)39(36-27(4)19-26(3)22-35(36)41)31-17-16-28(38(5,6)7)23-34(31)40(32)29-12-9-8-10-13-29/h8-23H,1-7H3. The third kappa shape index (κ3) is 4.02. The van der Waals surface area contributed by atoms with Gasteiger partial charge in [-0.25, -0.2) is 0 Å². The number of anilines is 6. The van der Waals surface area contributed by atoms with Crippen molar-refractivity contribution in [2.24, 2.45) is 0 Å². The van der Waals surface area contributed by atoms with Gasteiger partial charge in [-0.3, -0.25) is 0 Å². The number of rotatable bonds is 2. The van der Waals surface area contributed by atoms with Crippen molar-refractivity contribution in [3.63, 3.8) is 0 Å². The van der Waals surface area contributed by atoms with E-state index in [4.69, 9.17) is 0 Å². The van der Waals surface area contributed by atoms with Crippen molar-refractivity contribution in [2.75, 3.05) is 9.80 Å². The molecule has 0 radical (unpaired) electrons. The average Bonchev–Trinajstić information content (AvgIpc) is 2.92. The van der Waals surface area contributed by atoms with Crippen molar-refractivity contribution in [3.8, 4) is 0 Å². The van der Waals surface area contributed by atoms with Crippen LogP contribution in [0.5, 0.6) is 0 Å². The zero-order valence-corrected chi connectivity index (χ0v) is 25.2. The summed E-state index contributed by atoms with van der Waals surface area (Å²) in [6, 6.07) is 36.6. The summed E-state index contributed by atoms with van der Waals surface area (Å²) >= 11 is 0. The molecule has 2 aliphatic rings. The Labute approximate surface area is 245 Å². The zero-order chi connectivity index (χ0) is 28.6. The summed E-state index contributed by atoms with van der Waals surface area (Å²) in [4.78, 5) is 5.01. The summed E-state index contributed by atoms with van der Waals surface area (Å²) < 4.78 is 0. The van der Waals surface area contributed by atoms with E-state index < -0.39 is 0 Å². The van der Waals surface area contributed by atoms with Gasteiger partial charge in [0.2, 0.25) is 0 Å². The van der Waals surface area contributed by atoms with Gasteiger partial charge in [-0.2, -0.15) is 0 Å². The largest absolute Gasteiger partial charge is 0.311 e. The number of benzene rings is 5. The van der Waals surface area contributed by atoms with E-state index in [1.165, 1.54) is 78.3 Å². The van der Waals surface area contributed by atoms with Crippen LogP contribution in [0.4, 0.5) is 34.1 Å². The van der Waals surface area contributed by atoms with Crippen LogP contribution in [0, 0.1) is 27.7 Å². The predicted octanol–water partition coefficient (Wildman–Crippen LogP) is 8.30. The Morgan fingerprint density at radius 1 is 0.512 bits per heavy atom. The molecular formula is C38H37BN2. The fraction of sp³-hybridized carbons (Fsp3) is 0.211. The van der Waals surface area contributed by atoms with Gasteiger partial charge in [-0.1, -0.05) is 74.9 Å². The normalized spacial score (nSPS) is 13.6. The second-order valence-corrected chi connectivity index (χ2v) is 13.0. The molecule has 41 heavy (non-hydrogen) atoms. The molecule has 5 aromatic carbocycles. The summed E-state index contributed by atoms with van der Waals surface area (Å²) in [6.45, 7) is 16.0. The van der Waals surface area contributed by atoms with Gasteiger partial charge in [0.1, 0.15) is 0 Å². The van der Waals surface area contributed by atoms with E-state index in [0.29, 0.717) is 0 Å². The van der Waals surface area contributed by atoms with Crippen LogP contribution in [0.1, 0.15) is 48.6 Å². The molecule has 0 saturated heterocycles. The molecule has 3 heteroatoms. The van der Waals surface area contributed by atoms with Crippen molar-refractivity contribution < 1.29 is 0 Å². The van der Waals surface area contributed by atoms with Gasteiger partial charge >= 0.3 is 0 Å². The number of para-hydroxylation sites is 1. The molecule has 2 heterocycles. The minimum absolute atomic E-state index is 0.0524. The minimum Gasteiger partial charge on any atom is -0.311 e. The van der Waals surface area contributed by atoms with Crippen molar-refractivity contribution in [3.05, 3.63) is 125 Å². The van der Waals surface area contributed by atoms with Crippen LogP contribution in [-0.4, -0.2) is 6.71 Å². The molecule has 0 fully saturated rings. The highest BCUT2D eigenvalue weighted by Crippen LogP contribution is 2.45. The van der Waals surface area contributed by atoms with E-state index in [0.717, 1.165) is 0 Å². The molecule has 5 aromatic rings. The first-order valence-corrected chi connectivity index (χ1v) is 14.7. The van der Waals surface area contributed by atoms with Gasteiger partial charge in [-0.15, -0.1) is 0 Å². The molecule has 2 nitrogen and oxygen atoms in total. The predicted molar refractivity (Wildman–Crippen MR) is 178 cm³/mol. The Balaban J connectivity index is 1.60. The maximum atomic E-state index is 2.52. The molecule has 0 amide bonds. The number of hydrogen-bond acceptors (Lipinski definition) is 2. The quantitative estimate of drug-likeness (QED) is 0.207. The lowest BCUT2D eigenvalue weighted by atomic mass is 9.32. The van der Waals surface area contributed by atoms with E-state index in [2.05, 4.69) is 155 Å². The van der Waals surface area contributed by atoms with Gasteiger partial charge in [0.15, 0.2) is 0 Å². The van der Waals surface area contributed by atoms with Crippen LogP contribution in [0.25, 0.3) is 0 Å². The van der Waals surface area contributed by atoms with E-state index in [9.17, 15) is 0 Å². The molecule has 0 atom stereocenters. The SMILES string of the molecule is Cc1cc(C)cc(N2c3cc(C)cc(C)c3B3c4ccc(C(C)(C)C)cc4N(c4ccccc4)c4cccc2c43)c1. The molecule has 0 aliphatic carbocycles. The number of hydrogen-bond donors (Lipinski definition) is 0. The van der Waals surface area contributed by atoms with E-state index in [-0.39, 0.29) is 12.1 Å². The summed E-state index contributed by atoms with van der Waals surface area (Å²) in [5.41, 5.74) is 18.3. The van der Waals surface area contributed by atoms with Crippen molar-refractivity contribution >= 4 is 57.2 Å². The van der Waals surface area contributed by atoms with Gasteiger partial charge < -0.3 is 9.80 Å². The van der Waals surface area contributed by atoms with Gasteiger partial charge in [0.25, 0.3) is 6.71 Å². The van der Waals surface area contributed by atoms with Crippen LogP contribution >= 0.6 is 0 Å². The molecule has 2 aliphatic heterocycles. The monoisotopic (exact) mass is 532 g/mol. The summed E-state index contributed by atoms with van der Waals surface area (Å²) in [5, 5.41) is 0. The van der Waals surface area contributed by atoms with Crippen molar-refractivity contribution in [1.82, 2.24) is 0 Å². The Morgan fingerprint density at radius 2 is 1.15 bits per heavy atom. The van der Waals surface area contributed by atoms with Gasteiger partial charge in [-0.05, 0) is 120 Å². The van der Waals surface area contributed by atoms with Gasteiger partial charge in [0, 0.05) is 34.1 Å². The van der Waals surface area contributed by atoms with E-state index in [1.54, 1.807) is 0 Å². The Kier molecular flexibility index (Phi) is 5.73. The fourth-order valence-corrected chi connectivity index (χ4v) is 7.12. The highest BCUT2D eigenvalue weighted by atomic mass is 15.2. The molecular weight excluding hydrogens is 495 g/mol. The van der Waals surface area contributed by atoms with E-state index >= 15 is 0 Å². The second kappa shape index (κ2) is 9.14. The summed E-state index contributed by atoms with van der Waals surface area (Å²) in [6.07, 6.45) is 0. The van der Waals surface area contributed by atoms with Crippen LogP contribution in [0.3, 0.4) is 0 Å². The van der Waals surface area contributed by atoms with Crippen LogP contribution in [-0.2, 0) is 5.41 Å². The van der Waals surface area contributed by atoms with Crippen LogP contribution < -0.4 is 26.2 Å². The highest BCUT2D eigenvalue weighted by molar-refractivity contribution is 7.00. The number of aryl methyl sites for hydroxylation is 4. The fourth-order valence-electron chi connectivity index (χ4n) is 7.12. The summed E-state index contributed by atoms with van der Waals surface area (Å²) in [7, 11) is 0. The molecule has 0 aromatic heterocycles. The number of fused-ring (bicyclic) bond motifs is 4. The molecule has 0 unspecified atom stereocenters. The molecule has 0 N–H and O–H groups in total. The molecule has 7 rings (SSSR count). The first-order chi connectivity index (χ1) is 19.6. The lowest BCUT2D eigenvalue weighted by Crippen LogP contribution is -2.62. The lowest BCUT2D eigenvalue weighted by Gasteiger charge is -2.45. The third-order valence-electron chi connectivity index (χ3n) is 8.80. The highest BCUT2D eigenvalue weighted by Gasteiger charge is 2.44. The maximum Gasteiger partial charge on any atom is 0.252 e. The van der Waals surface area contributed by atoms with Crippen LogP contribution in [0.2, 0.25) is 0 Å². The number of nitrogens with zero attached hydrogens (tertiary/aromatic N) is 2. The first-order valence-electron chi connectivity index (χ1n) is 14.7. The second-order valence-electron chi connectivity index (χ2n) is 13.0. The van der Waals surface area contributed by atoms with Crippen molar-refractivity contribution in [2.45, 2.75) is 53.9 Å². The Morgan fingerprint density at radius 3 is 1.80 bits per heavy atom. The Bertz CT molecular complexity index is 1810. The smallest absolute Gasteiger partial charge is 0.252 e. The molecule has 0 bridgehead atoms. The topological polar surface area (TPSA) is 6.48 Å². The lowest BCUT2D eigenvalue weighted by molar-refractivity contribution is 0.590. The van der Waals surface area contributed by atoms with Crippen LogP contribution in [0.15, 0.2) is 97.1 Å². The maximum absolute atomic E-state index is 2.52. The average molecular weight is 533 g/mol.